The highest BCUT2D eigenvalue weighted by molar-refractivity contribution is 7.99. The number of hydrogen-bond acceptors (Lipinski definition) is 4. The minimum Gasteiger partial charge on any atom is -0.478 e. The van der Waals surface area contributed by atoms with Gasteiger partial charge >= 0.3 is 5.97 Å². The van der Waals surface area contributed by atoms with Crippen molar-refractivity contribution in [1.82, 2.24) is 9.97 Å². The SMILES string of the molecule is Cc1nc(Sc2cc(F)ccc2F)ncc1C(=O)O. The number of aryl methyl sites for hydroxylation is 1. The molecule has 2 aromatic rings. The van der Waals surface area contributed by atoms with Crippen molar-refractivity contribution in [1.29, 1.82) is 0 Å². The van der Waals surface area contributed by atoms with E-state index in [-0.39, 0.29) is 21.3 Å². The number of hydrogen-bond donors (Lipinski definition) is 1. The van der Waals surface area contributed by atoms with Crippen LogP contribution in [0.5, 0.6) is 0 Å². The predicted molar refractivity (Wildman–Crippen MR) is 64.2 cm³/mol. The minimum absolute atomic E-state index is 0.0240. The van der Waals surface area contributed by atoms with Crippen LogP contribution in [-0.4, -0.2) is 21.0 Å². The van der Waals surface area contributed by atoms with Crippen LogP contribution in [0.25, 0.3) is 0 Å². The molecule has 0 bridgehead atoms. The van der Waals surface area contributed by atoms with Gasteiger partial charge in [-0.3, -0.25) is 0 Å². The highest BCUT2D eigenvalue weighted by Gasteiger charge is 2.12. The zero-order chi connectivity index (χ0) is 14.0. The van der Waals surface area contributed by atoms with Gasteiger partial charge in [0.1, 0.15) is 11.6 Å². The molecule has 0 atom stereocenters. The number of carboxylic acids is 1. The first kappa shape index (κ1) is 13.4. The van der Waals surface area contributed by atoms with E-state index in [1.54, 1.807) is 0 Å². The minimum atomic E-state index is -1.13. The zero-order valence-corrected chi connectivity index (χ0v) is 10.5. The maximum Gasteiger partial charge on any atom is 0.339 e. The fourth-order valence-corrected chi connectivity index (χ4v) is 2.18. The summed E-state index contributed by atoms with van der Waals surface area (Å²) in [6.45, 7) is 1.51. The fourth-order valence-electron chi connectivity index (χ4n) is 1.36. The lowest BCUT2D eigenvalue weighted by Gasteiger charge is -2.04. The predicted octanol–water partition coefficient (Wildman–Crippen LogP) is 2.91. The van der Waals surface area contributed by atoms with E-state index in [9.17, 15) is 13.6 Å². The summed E-state index contributed by atoms with van der Waals surface area (Å²) in [5.74, 6) is -2.29. The summed E-state index contributed by atoms with van der Waals surface area (Å²) in [5, 5.41) is 8.99. The monoisotopic (exact) mass is 282 g/mol. The average Bonchev–Trinajstić information content (AvgIpc) is 2.33. The summed E-state index contributed by atoms with van der Waals surface area (Å²) in [5.41, 5.74) is 0.242. The van der Waals surface area contributed by atoms with Crippen LogP contribution in [0.1, 0.15) is 16.1 Å². The Bertz CT molecular complexity index is 650. The summed E-state index contributed by atoms with van der Waals surface area (Å²) in [6.07, 6.45) is 1.14. The smallest absolute Gasteiger partial charge is 0.339 e. The van der Waals surface area contributed by atoms with Gasteiger partial charge in [-0.05, 0) is 36.9 Å². The summed E-state index contributed by atoms with van der Waals surface area (Å²) < 4.78 is 26.4. The molecule has 0 amide bonds. The maximum absolute atomic E-state index is 13.4. The average molecular weight is 282 g/mol. The number of nitrogens with zero attached hydrogens (tertiary/aromatic N) is 2. The van der Waals surface area contributed by atoms with Gasteiger partial charge in [0.15, 0.2) is 5.16 Å². The third-order valence-electron chi connectivity index (χ3n) is 2.28. The largest absolute Gasteiger partial charge is 0.478 e. The lowest BCUT2D eigenvalue weighted by molar-refractivity contribution is 0.0695. The molecular weight excluding hydrogens is 274 g/mol. The van der Waals surface area contributed by atoms with Crippen molar-refractivity contribution in [3.05, 3.63) is 47.3 Å². The first-order valence-corrected chi connectivity index (χ1v) is 5.99. The Hall–Kier alpha value is -2.02. The van der Waals surface area contributed by atoms with Gasteiger partial charge in [0.05, 0.1) is 16.2 Å². The lowest BCUT2D eigenvalue weighted by atomic mass is 10.2. The molecule has 0 saturated carbocycles. The second-order valence-corrected chi connectivity index (χ2v) is 4.64. The van der Waals surface area contributed by atoms with Crippen molar-refractivity contribution in [2.45, 2.75) is 17.0 Å². The van der Waals surface area contributed by atoms with Crippen LogP contribution < -0.4 is 0 Å². The van der Waals surface area contributed by atoms with E-state index in [1.165, 1.54) is 6.92 Å². The topological polar surface area (TPSA) is 63.1 Å². The van der Waals surface area contributed by atoms with Gasteiger partial charge in [-0.1, -0.05) is 0 Å². The summed E-state index contributed by atoms with van der Waals surface area (Å²) in [7, 11) is 0. The molecule has 1 N–H and O–H groups in total. The first-order valence-electron chi connectivity index (χ1n) is 5.17. The van der Waals surface area contributed by atoms with Crippen LogP contribution >= 0.6 is 11.8 Å². The Morgan fingerprint density at radius 1 is 1.37 bits per heavy atom. The number of rotatable bonds is 3. The molecule has 0 aliphatic carbocycles. The Balaban J connectivity index is 2.31. The van der Waals surface area contributed by atoms with Gasteiger partial charge in [0.25, 0.3) is 0 Å². The van der Waals surface area contributed by atoms with Gasteiger partial charge < -0.3 is 5.11 Å². The second kappa shape index (κ2) is 5.31. The number of halogens is 2. The molecule has 2 rings (SSSR count). The summed E-state index contributed by atoms with van der Waals surface area (Å²) in [6, 6.07) is 3.05. The van der Waals surface area contributed by atoms with E-state index < -0.39 is 17.6 Å². The second-order valence-electron chi connectivity index (χ2n) is 3.63. The molecule has 98 valence electrons. The summed E-state index contributed by atoms with van der Waals surface area (Å²) in [4.78, 5) is 18.6. The molecule has 7 heteroatoms. The van der Waals surface area contributed by atoms with Crippen molar-refractivity contribution in [3.8, 4) is 0 Å². The van der Waals surface area contributed by atoms with E-state index in [4.69, 9.17) is 5.11 Å². The highest BCUT2D eigenvalue weighted by atomic mass is 32.2. The van der Waals surface area contributed by atoms with Crippen molar-refractivity contribution >= 4 is 17.7 Å². The number of carboxylic acid groups (broad SMARTS) is 1. The molecule has 0 fully saturated rings. The molecule has 0 unspecified atom stereocenters. The van der Waals surface area contributed by atoms with Gasteiger partial charge in [0, 0.05) is 6.20 Å². The van der Waals surface area contributed by atoms with E-state index >= 15 is 0 Å². The number of aromatic nitrogens is 2. The van der Waals surface area contributed by atoms with E-state index in [1.807, 2.05) is 0 Å². The fraction of sp³-hybridized carbons (Fsp3) is 0.0833. The standard InChI is InChI=1S/C12H8F2N2O2S/c1-6-8(11(17)18)5-15-12(16-6)19-10-4-7(13)2-3-9(10)14/h2-5H,1H3,(H,17,18). The van der Waals surface area contributed by atoms with E-state index in [2.05, 4.69) is 9.97 Å². The molecule has 1 aromatic heterocycles. The van der Waals surface area contributed by atoms with Gasteiger partial charge in [-0.25, -0.2) is 23.5 Å². The van der Waals surface area contributed by atoms with Crippen molar-refractivity contribution < 1.29 is 18.7 Å². The molecular formula is C12H8F2N2O2S. The molecule has 0 aliphatic heterocycles. The normalized spacial score (nSPS) is 10.5. The van der Waals surface area contributed by atoms with Gasteiger partial charge in [0.2, 0.25) is 0 Å². The number of benzene rings is 1. The van der Waals surface area contributed by atoms with Crippen molar-refractivity contribution in [3.63, 3.8) is 0 Å². The Labute approximate surface area is 111 Å². The third-order valence-corrected chi connectivity index (χ3v) is 3.19. The Morgan fingerprint density at radius 3 is 2.74 bits per heavy atom. The Morgan fingerprint density at radius 2 is 2.11 bits per heavy atom. The molecule has 0 radical (unpaired) electrons. The number of aromatic carboxylic acids is 1. The van der Waals surface area contributed by atoms with Crippen LogP contribution in [-0.2, 0) is 0 Å². The highest BCUT2D eigenvalue weighted by Crippen LogP contribution is 2.28. The third kappa shape index (κ3) is 3.05. The lowest BCUT2D eigenvalue weighted by Crippen LogP contribution is -2.03. The maximum atomic E-state index is 13.4. The molecule has 1 heterocycles. The van der Waals surface area contributed by atoms with E-state index in [0.717, 1.165) is 36.2 Å². The van der Waals surface area contributed by atoms with Crippen LogP contribution in [0.15, 0.2) is 34.4 Å². The van der Waals surface area contributed by atoms with Gasteiger partial charge in [-0.15, -0.1) is 0 Å². The molecule has 1 aromatic carbocycles. The van der Waals surface area contributed by atoms with Crippen LogP contribution in [0, 0.1) is 18.6 Å². The van der Waals surface area contributed by atoms with Crippen molar-refractivity contribution in [2.24, 2.45) is 0 Å². The molecule has 0 saturated heterocycles. The first-order chi connectivity index (χ1) is 8.97. The van der Waals surface area contributed by atoms with Crippen LogP contribution in [0.4, 0.5) is 8.78 Å². The van der Waals surface area contributed by atoms with Crippen LogP contribution in [0.2, 0.25) is 0 Å². The number of carbonyl (C=O) groups is 1. The quantitative estimate of drug-likeness (QED) is 0.877. The van der Waals surface area contributed by atoms with Crippen LogP contribution in [0.3, 0.4) is 0 Å². The Kier molecular flexibility index (Phi) is 3.75. The molecule has 0 spiro atoms. The van der Waals surface area contributed by atoms with Gasteiger partial charge in [-0.2, -0.15) is 0 Å². The molecule has 19 heavy (non-hydrogen) atoms. The molecule has 4 nitrogen and oxygen atoms in total. The van der Waals surface area contributed by atoms with E-state index in [0.29, 0.717) is 0 Å². The van der Waals surface area contributed by atoms with Crippen molar-refractivity contribution in [2.75, 3.05) is 0 Å². The molecule has 0 aliphatic rings. The summed E-state index contributed by atoms with van der Waals surface area (Å²) >= 11 is 0.833. The zero-order valence-electron chi connectivity index (χ0n) is 9.72.